The van der Waals surface area contributed by atoms with Gasteiger partial charge in [0.2, 0.25) is 0 Å². The number of rotatable bonds is 0. The first-order valence-electron chi connectivity index (χ1n) is 2.02. The lowest BCUT2D eigenvalue weighted by molar-refractivity contribution is 0.174. The second-order valence-electron chi connectivity index (χ2n) is 1.42. The van der Waals surface area contributed by atoms with Gasteiger partial charge in [-0.3, -0.25) is 0 Å². The predicted octanol–water partition coefficient (Wildman–Crippen LogP) is 0.264. The van der Waals surface area contributed by atoms with Crippen molar-refractivity contribution in [3.8, 4) is 0 Å². The van der Waals surface area contributed by atoms with E-state index >= 15 is 0 Å². The van der Waals surface area contributed by atoms with Crippen LogP contribution in [0.2, 0.25) is 0 Å². The summed E-state index contributed by atoms with van der Waals surface area (Å²) < 4.78 is 7.34. The molecule has 0 amide bonds. The summed E-state index contributed by atoms with van der Waals surface area (Å²) in [4.78, 5) is 0. The summed E-state index contributed by atoms with van der Waals surface area (Å²) in [5, 5.41) is 0. The molecule has 0 spiro atoms. The predicted molar refractivity (Wildman–Crippen MR) is 24.0 cm³/mol. The van der Waals surface area contributed by atoms with Gasteiger partial charge in [0, 0.05) is 6.54 Å². The Labute approximate surface area is 40.6 Å². The quantitative estimate of drug-likeness (QED) is 0.322. The molecule has 2 atom stereocenters. The fourth-order valence-electron chi connectivity index (χ4n) is 0.604. The number of fused-ring (bicyclic) bond motifs is 1. The summed E-state index contributed by atoms with van der Waals surface area (Å²) in [6, 6.07) is 0. The van der Waals surface area contributed by atoms with Crippen LogP contribution < -0.4 is 0 Å². The molecule has 0 saturated carbocycles. The third kappa shape index (κ3) is 0.303. The molecule has 2 nitrogen and oxygen atoms in total. The average Bonchev–Trinajstić information content (AvgIpc) is 2.17. The Morgan fingerprint density at radius 3 is 3.00 bits per heavy atom. The molecule has 0 aromatic rings. The van der Waals surface area contributed by atoms with E-state index < -0.39 is 0 Å². The van der Waals surface area contributed by atoms with Crippen molar-refractivity contribution < 1.29 is 4.74 Å². The van der Waals surface area contributed by atoms with E-state index in [1.807, 2.05) is 0 Å². The molecule has 2 heterocycles. The molecule has 0 bridgehead atoms. The SMILES string of the molecule is C1CN2SC2O1. The van der Waals surface area contributed by atoms with Gasteiger partial charge in [0.1, 0.15) is 0 Å². The fraction of sp³-hybridized carbons (Fsp3) is 1.00. The molecule has 0 radical (unpaired) electrons. The number of nitrogens with zero attached hydrogens (tertiary/aromatic N) is 1. The van der Waals surface area contributed by atoms with Gasteiger partial charge < -0.3 is 4.74 Å². The molecule has 2 saturated heterocycles. The second kappa shape index (κ2) is 0.911. The molecule has 34 valence electrons. The van der Waals surface area contributed by atoms with Crippen molar-refractivity contribution in [3.63, 3.8) is 0 Å². The van der Waals surface area contributed by atoms with E-state index in [2.05, 4.69) is 4.31 Å². The Bertz CT molecular complexity index is 69.2. The highest BCUT2D eigenvalue weighted by atomic mass is 32.2. The van der Waals surface area contributed by atoms with Gasteiger partial charge in [0.15, 0.2) is 5.56 Å². The highest BCUT2D eigenvalue weighted by Crippen LogP contribution is 2.43. The fourth-order valence-corrected chi connectivity index (χ4v) is 1.28. The Morgan fingerprint density at radius 1 is 1.83 bits per heavy atom. The highest BCUT2D eigenvalue weighted by Gasteiger charge is 2.41. The Kier molecular flexibility index (Phi) is 0.500. The van der Waals surface area contributed by atoms with Crippen LogP contribution in [0.5, 0.6) is 0 Å². The lowest BCUT2D eigenvalue weighted by Crippen LogP contribution is -1.91. The minimum atomic E-state index is 0.463. The number of ether oxygens (including phenoxy) is 1. The maximum atomic E-state index is 5.12. The van der Waals surface area contributed by atoms with Gasteiger partial charge in [-0.15, -0.1) is 0 Å². The zero-order chi connectivity index (χ0) is 3.98. The van der Waals surface area contributed by atoms with Gasteiger partial charge in [0.05, 0.1) is 6.61 Å². The van der Waals surface area contributed by atoms with E-state index in [-0.39, 0.29) is 0 Å². The van der Waals surface area contributed by atoms with Gasteiger partial charge in [0.25, 0.3) is 0 Å². The summed E-state index contributed by atoms with van der Waals surface area (Å²) >= 11 is 1.79. The van der Waals surface area contributed by atoms with E-state index in [0.717, 1.165) is 13.2 Å². The van der Waals surface area contributed by atoms with E-state index in [9.17, 15) is 0 Å². The molecular formula is C3H5NOS. The summed E-state index contributed by atoms with van der Waals surface area (Å²) in [6.07, 6.45) is 0. The van der Waals surface area contributed by atoms with Crippen LogP contribution in [0.1, 0.15) is 0 Å². The number of hydrogen-bond donors (Lipinski definition) is 0. The third-order valence-corrected chi connectivity index (χ3v) is 1.99. The van der Waals surface area contributed by atoms with E-state index in [1.165, 1.54) is 0 Å². The minimum Gasteiger partial charge on any atom is -0.350 e. The van der Waals surface area contributed by atoms with Crippen molar-refractivity contribution in [1.29, 1.82) is 0 Å². The molecule has 2 unspecified atom stereocenters. The molecule has 2 aliphatic heterocycles. The second-order valence-corrected chi connectivity index (χ2v) is 2.51. The van der Waals surface area contributed by atoms with Crippen molar-refractivity contribution in [2.75, 3.05) is 13.2 Å². The highest BCUT2D eigenvalue weighted by molar-refractivity contribution is 8.03. The minimum absolute atomic E-state index is 0.463. The summed E-state index contributed by atoms with van der Waals surface area (Å²) in [6.45, 7) is 2.08. The molecule has 0 aromatic heterocycles. The van der Waals surface area contributed by atoms with Crippen LogP contribution in [0, 0.1) is 0 Å². The Hall–Kier alpha value is 0.270. The summed E-state index contributed by atoms with van der Waals surface area (Å²) in [7, 11) is 0. The van der Waals surface area contributed by atoms with Crippen LogP contribution in [0.25, 0.3) is 0 Å². The molecule has 0 N–H and O–H groups in total. The molecule has 2 fully saturated rings. The topological polar surface area (TPSA) is 12.2 Å². The maximum Gasteiger partial charge on any atom is 0.181 e. The van der Waals surface area contributed by atoms with Crippen LogP contribution in [0.3, 0.4) is 0 Å². The van der Waals surface area contributed by atoms with E-state index in [0.29, 0.717) is 5.56 Å². The number of hydrogen-bond acceptors (Lipinski definition) is 3. The van der Waals surface area contributed by atoms with Crippen LogP contribution >= 0.6 is 11.9 Å². The van der Waals surface area contributed by atoms with E-state index in [1.54, 1.807) is 11.9 Å². The molecular weight excluding hydrogens is 98.1 g/mol. The molecule has 3 heteroatoms. The zero-order valence-electron chi connectivity index (χ0n) is 3.26. The van der Waals surface area contributed by atoms with Gasteiger partial charge in [-0.25, -0.2) is 4.31 Å². The first kappa shape index (κ1) is 3.29. The van der Waals surface area contributed by atoms with E-state index in [4.69, 9.17) is 4.74 Å². The van der Waals surface area contributed by atoms with Crippen molar-refractivity contribution in [1.82, 2.24) is 4.31 Å². The molecule has 0 aromatic carbocycles. The van der Waals surface area contributed by atoms with Gasteiger partial charge >= 0.3 is 0 Å². The van der Waals surface area contributed by atoms with Crippen LogP contribution in [0.4, 0.5) is 0 Å². The lowest BCUT2D eigenvalue weighted by Gasteiger charge is -1.82. The smallest absolute Gasteiger partial charge is 0.181 e. The summed E-state index contributed by atoms with van der Waals surface area (Å²) in [5.74, 6) is 0. The molecule has 0 aliphatic carbocycles. The normalized spacial score (nSPS) is 52.0. The van der Waals surface area contributed by atoms with Crippen molar-refractivity contribution in [3.05, 3.63) is 0 Å². The van der Waals surface area contributed by atoms with Crippen LogP contribution in [-0.2, 0) is 4.74 Å². The van der Waals surface area contributed by atoms with Crippen LogP contribution in [0.15, 0.2) is 0 Å². The standard InChI is InChI=1S/C3H5NOS/c1-2-5-3-4(1)6-3/h3H,1-2H2. The van der Waals surface area contributed by atoms with Crippen molar-refractivity contribution in [2.45, 2.75) is 5.56 Å². The Morgan fingerprint density at radius 2 is 2.83 bits per heavy atom. The van der Waals surface area contributed by atoms with Gasteiger partial charge in [-0.2, -0.15) is 0 Å². The third-order valence-electron chi connectivity index (χ3n) is 0.987. The zero-order valence-corrected chi connectivity index (χ0v) is 4.07. The maximum absolute atomic E-state index is 5.12. The van der Waals surface area contributed by atoms with Crippen LogP contribution in [-0.4, -0.2) is 23.0 Å². The molecule has 2 aliphatic rings. The monoisotopic (exact) mass is 103 g/mol. The van der Waals surface area contributed by atoms with Crippen molar-refractivity contribution in [2.24, 2.45) is 0 Å². The lowest BCUT2D eigenvalue weighted by atomic mass is 10.7. The Balaban J connectivity index is 2.09. The van der Waals surface area contributed by atoms with Crippen molar-refractivity contribution >= 4 is 11.9 Å². The first-order chi connectivity index (χ1) is 2.97. The largest absolute Gasteiger partial charge is 0.350 e. The summed E-state index contributed by atoms with van der Waals surface area (Å²) in [5.41, 5.74) is 0.463. The molecule has 2 rings (SSSR count). The average molecular weight is 103 g/mol. The first-order valence-corrected chi connectivity index (χ1v) is 2.85. The van der Waals surface area contributed by atoms with Gasteiger partial charge in [-0.1, -0.05) is 0 Å². The van der Waals surface area contributed by atoms with Gasteiger partial charge in [-0.05, 0) is 11.9 Å². The molecule has 6 heavy (non-hydrogen) atoms.